The Balaban J connectivity index is 3.28. The Hall–Kier alpha value is -2.35. The van der Waals surface area contributed by atoms with Crippen LogP contribution in [-0.4, -0.2) is 37.6 Å². The Labute approximate surface area is 116 Å². The fourth-order valence-corrected chi connectivity index (χ4v) is 1.56. The molecule has 0 fully saturated rings. The first kappa shape index (κ1) is 15.7. The van der Waals surface area contributed by atoms with Gasteiger partial charge < -0.3 is 20.5 Å². The van der Waals surface area contributed by atoms with Gasteiger partial charge in [-0.15, -0.1) is 0 Å². The van der Waals surface area contributed by atoms with Crippen molar-refractivity contribution in [2.45, 2.75) is 13.0 Å². The monoisotopic (exact) mass is 283 g/mol. The minimum Gasteiger partial charge on any atom is -0.493 e. The van der Waals surface area contributed by atoms with E-state index in [-0.39, 0.29) is 35.3 Å². The molecule has 110 valence electrons. The van der Waals surface area contributed by atoms with Gasteiger partial charge in [-0.2, -0.15) is 0 Å². The van der Waals surface area contributed by atoms with Crippen molar-refractivity contribution in [2.24, 2.45) is 5.73 Å². The fraction of sp³-hybridized carbons (Fsp3) is 0.417. The Morgan fingerprint density at radius 3 is 2.40 bits per heavy atom. The molecule has 0 aromatic heterocycles. The van der Waals surface area contributed by atoms with Crippen LogP contribution >= 0.6 is 0 Å². The Morgan fingerprint density at radius 1 is 1.40 bits per heavy atom. The molecule has 20 heavy (non-hydrogen) atoms. The molecular weight excluding hydrogens is 266 g/mol. The van der Waals surface area contributed by atoms with Gasteiger partial charge in [-0.3, -0.25) is 14.9 Å². The van der Waals surface area contributed by atoms with Gasteiger partial charge in [0.25, 0.3) is 11.6 Å². The molecule has 0 bridgehead atoms. The zero-order valence-electron chi connectivity index (χ0n) is 11.5. The molecule has 3 N–H and O–H groups in total. The SMILES string of the molecule is COc1cc(C(=O)NC(C)CN)c([N+](=O)[O-])cc1OC. The van der Waals surface area contributed by atoms with Crippen LogP contribution < -0.4 is 20.5 Å². The van der Waals surface area contributed by atoms with Crippen molar-refractivity contribution in [3.8, 4) is 11.5 Å². The van der Waals surface area contributed by atoms with Crippen LogP contribution in [0.4, 0.5) is 5.69 Å². The number of nitro benzene ring substituents is 1. The van der Waals surface area contributed by atoms with E-state index in [1.807, 2.05) is 0 Å². The van der Waals surface area contributed by atoms with E-state index in [2.05, 4.69) is 5.32 Å². The molecular formula is C12H17N3O5. The molecule has 1 aromatic rings. The first-order valence-electron chi connectivity index (χ1n) is 5.85. The number of nitrogens with two attached hydrogens (primary N) is 1. The summed E-state index contributed by atoms with van der Waals surface area (Å²) < 4.78 is 10.0. The molecule has 1 unspecified atom stereocenters. The van der Waals surface area contributed by atoms with Gasteiger partial charge in [0.05, 0.1) is 25.2 Å². The van der Waals surface area contributed by atoms with Crippen LogP contribution in [-0.2, 0) is 0 Å². The molecule has 1 rings (SSSR count). The third-order valence-corrected chi connectivity index (χ3v) is 2.67. The third kappa shape index (κ3) is 3.35. The summed E-state index contributed by atoms with van der Waals surface area (Å²) in [6, 6.07) is 2.13. The molecule has 0 heterocycles. The number of hydrogen-bond acceptors (Lipinski definition) is 6. The van der Waals surface area contributed by atoms with Gasteiger partial charge in [0, 0.05) is 18.7 Å². The number of carbonyl (C=O) groups is 1. The van der Waals surface area contributed by atoms with Crippen LogP contribution in [0.15, 0.2) is 12.1 Å². The van der Waals surface area contributed by atoms with Crippen LogP contribution in [0.2, 0.25) is 0 Å². The van der Waals surface area contributed by atoms with Crippen molar-refractivity contribution in [3.63, 3.8) is 0 Å². The molecule has 8 nitrogen and oxygen atoms in total. The van der Waals surface area contributed by atoms with E-state index in [0.717, 1.165) is 6.07 Å². The lowest BCUT2D eigenvalue weighted by Crippen LogP contribution is -2.38. The van der Waals surface area contributed by atoms with Crippen LogP contribution in [0.25, 0.3) is 0 Å². The lowest BCUT2D eigenvalue weighted by Gasteiger charge is -2.13. The molecule has 0 radical (unpaired) electrons. The van der Waals surface area contributed by atoms with Gasteiger partial charge in [0.15, 0.2) is 11.5 Å². The van der Waals surface area contributed by atoms with Crippen molar-refractivity contribution in [1.82, 2.24) is 5.32 Å². The Kier molecular flexibility index (Phi) is 5.27. The minimum absolute atomic E-state index is 0.104. The number of amides is 1. The molecule has 0 saturated carbocycles. The standard InChI is InChI=1S/C12H17N3O5/c1-7(6-13)14-12(16)8-4-10(19-2)11(20-3)5-9(8)15(17)18/h4-5,7H,6,13H2,1-3H3,(H,14,16). The highest BCUT2D eigenvalue weighted by molar-refractivity contribution is 5.99. The average molecular weight is 283 g/mol. The maximum Gasteiger partial charge on any atom is 0.286 e. The van der Waals surface area contributed by atoms with Crippen molar-refractivity contribution in [3.05, 3.63) is 27.8 Å². The van der Waals surface area contributed by atoms with E-state index in [1.54, 1.807) is 6.92 Å². The second-order valence-electron chi connectivity index (χ2n) is 4.09. The third-order valence-electron chi connectivity index (χ3n) is 2.67. The second kappa shape index (κ2) is 6.71. The van der Waals surface area contributed by atoms with E-state index >= 15 is 0 Å². The second-order valence-corrected chi connectivity index (χ2v) is 4.09. The number of nitro groups is 1. The first-order chi connectivity index (χ1) is 9.44. The van der Waals surface area contributed by atoms with Crippen LogP contribution in [0.1, 0.15) is 17.3 Å². The van der Waals surface area contributed by atoms with E-state index in [9.17, 15) is 14.9 Å². The number of methoxy groups -OCH3 is 2. The summed E-state index contributed by atoms with van der Waals surface area (Å²) in [6.07, 6.45) is 0. The van der Waals surface area contributed by atoms with Crippen molar-refractivity contribution < 1.29 is 19.2 Å². The van der Waals surface area contributed by atoms with E-state index in [1.165, 1.54) is 20.3 Å². The quantitative estimate of drug-likeness (QED) is 0.586. The summed E-state index contributed by atoms with van der Waals surface area (Å²) in [5, 5.41) is 13.6. The Bertz CT molecular complexity index is 518. The fourth-order valence-electron chi connectivity index (χ4n) is 1.56. The molecule has 0 aliphatic carbocycles. The predicted molar refractivity (Wildman–Crippen MR) is 72.2 cm³/mol. The number of carbonyl (C=O) groups excluding carboxylic acids is 1. The zero-order valence-corrected chi connectivity index (χ0v) is 11.5. The molecule has 0 aliphatic heterocycles. The number of hydrogen-bond donors (Lipinski definition) is 2. The summed E-state index contributed by atoms with van der Waals surface area (Å²) >= 11 is 0. The predicted octanol–water partition coefficient (Wildman–Crippen LogP) is 0.689. The van der Waals surface area contributed by atoms with Crippen molar-refractivity contribution in [1.29, 1.82) is 0 Å². The summed E-state index contributed by atoms with van der Waals surface area (Å²) in [6.45, 7) is 1.93. The average Bonchev–Trinajstić information content (AvgIpc) is 2.45. The highest BCUT2D eigenvalue weighted by Gasteiger charge is 2.25. The maximum atomic E-state index is 12.0. The van der Waals surface area contributed by atoms with Gasteiger partial charge >= 0.3 is 0 Å². The molecule has 0 saturated heterocycles. The van der Waals surface area contributed by atoms with Gasteiger partial charge in [-0.05, 0) is 6.92 Å². The number of ether oxygens (including phenoxy) is 2. The largest absolute Gasteiger partial charge is 0.493 e. The molecule has 0 spiro atoms. The normalized spacial score (nSPS) is 11.6. The molecule has 8 heteroatoms. The number of benzene rings is 1. The van der Waals surface area contributed by atoms with Gasteiger partial charge in [0.2, 0.25) is 0 Å². The van der Waals surface area contributed by atoms with Crippen LogP contribution in [0.3, 0.4) is 0 Å². The number of nitrogens with zero attached hydrogens (tertiary/aromatic N) is 1. The molecule has 1 aromatic carbocycles. The maximum absolute atomic E-state index is 12.0. The summed E-state index contributed by atoms with van der Waals surface area (Å²) in [7, 11) is 2.74. The van der Waals surface area contributed by atoms with Gasteiger partial charge in [0.1, 0.15) is 5.56 Å². The lowest BCUT2D eigenvalue weighted by atomic mass is 10.1. The number of nitrogens with one attached hydrogen (secondary N) is 1. The van der Waals surface area contributed by atoms with Crippen molar-refractivity contribution >= 4 is 11.6 Å². The Morgan fingerprint density at radius 2 is 1.95 bits per heavy atom. The number of rotatable bonds is 6. The van der Waals surface area contributed by atoms with E-state index in [4.69, 9.17) is 15.2 Å². The molecule has 0 aliphatic rings. The highest BCUT2D eigenvalue weighted by atomic mass is 16.6. The zero-order chi connectivity index (χ0) is 15.3. The van der Waals surface area contributed by atoms with Gasteiger partial charge in [-0.25, -0.2) is 0 Å². The lowest BCUT2D eigenvalue weighted by molar-refractivity contribution is -0.385. The summed E-state index contributed by atoms with van der Waals surface area (Å²) in [5.74, 6) is -0.165. The van der Waals surface area contributed by atoms with E-state index in [0.29, 0.717) is 0 Å². The minimum atomic E-state index is -0.649. The van der Waals surface area contributed by atoms with E-state index < -0.39 is 10.8 Å². The topological polar surface area (TPSA) is 117 Å². The summed E-state index contributed by atoms with van der Waals surface area (Å²) in [5.41, 5.74) is 4.94. The molecule has 1 atom stereocenters. The summed E-state index contributed by atoms with van der Waals surface area (Å²) in [4.78, 5) is 22.4. The van der Waals surface area contributed by atoms with Crippen LogP contribution in [0, 0.1) is 10.1 Å². The van der Waals surface area contributed by atoms with Crippen molar-refractivity contribution in [2.75, 3.05) is 20.8 Å². The van der Waals surface area contributed by atoms with Crippen LogP contribution in [0.5, 0.6) is 11.5 Å². The van der Waals surface area contributed by atoms with Gasteiger partial charge in [-0.1, -0.05) is 0 Å². The smallest absolute Gasteiger partial charge is 0.286 e. The molecule has 1 amide bonds. The first-order valence-corrected chi connectivity index (χ1v) is 5.85. The highest BCUT2D eigenvalue weighted by Crippen LogP contribution is 2.34.